The molecule has 2 N–H and O–H groups in total. The molecule has 5 nitrogen and oxygen atoms in total. The van der Waals surface area contributed by atoms with Gasteiger partial charge in [0, 0.05) is 24.2 Å². The average Bonchev–Trinajstić information content (AvgIpc) is 2.77. The second-order valence-corrected chi connectivity index (χ2v) is 3.96. The van der Waals surface area contributed by atoms with Gasteiger partial charge in [0.05, 0.1) is 0 Å². The Hall–Kier alpha value is -1.49. The van der Waals surface area contributed by atoms with Gasteiger partial charge in [-0.2, -0.15) is 0 Å². The van der Waals surface area contributed by atoms with Gasteiger partial charge in [-0.15, -0.1) is 10.2 Å². The van der Waals surface area contributed by atoms with E-state index in [1.54, 1.807) is 12.5 Å². The van der Waals surface area contributed by atoms with Crippen LogP contribution in [0.2, 0.25) is 0 Å². The predicted molar refractivity (Wildman–Crippen MR) is 50.6 cm³/mol. The first-order valence-electron chi connectivity index (χ1n) is 4.69. The average molecular weight is 189 g/mol. The molecule has 2 aromatic heterocycles. The Morgan fingerprint density at radius 2 is 2.29 bits per heavy atom. The fourth-order valence-electron chi connectivity index (χ4n) is 1.56. The van der Waals surface area contributed by atoms with Crippen LogP contribution in [0.15, 0.2) is 18.6 Å². The summed E-state index contributed by atoms with van der Waals surface area (Å²) >= 11 is 0. The van der Waals surface area contributed by atoms with Crippen molar-refractivity contribution in [2.24, 2.45) is 5.73 Å². The first-order valence-corrected chi connectivity index (χ1v) is 4.69. The topological polar surface area (TPSA) is 69.1 Å². The third-order valence-electron chi connectivity index (χ3n) is 2.69. The zero-order valence-electron chi connectivity index (χ0n) is 7.72. The molecule has 1 fully saturated rings. The summed E-state index contributed by atoms with van der Waals surface area (Å²) in [5.41, 5.74) is 6.83. The van der Waals surface area contributed by atoms with Crippen molar-refractivity contribution in [1.82, 2.24) is 19.6 Å². The number of hydrogen-bond donors (Lipinski definition) is 1. The Kier molecular flexibility index (Phi) is 1.41. The molecule has 0 unspecified atom stereocenters. The maximum atomic E-state index is 6.03. The summed E-state index contributed by atoms with van der Waals surface area (Å²) in [5, 5.41) is 8.16. The Balaban J connectivity index is 2.04. The molecule has 0 aromatic carbocycles. The first kappa shape index (κ1) is 7.87. The highest BCUT2D eigenvalue weighted by Crippen LogP contribution is 2.35. The lowest BCUT2D eigenvalue weighted by atomic mass is 10.2. The summed E-state index contributed by atoms with van der Waals surface area (Å²) in [6.45, 7) is 0. The summed E-state index contributed by atoms with van der Waals surface area (Å²) in [6, 6.07) is 1.84. The molecule has 0 bridgehead atoms. The number of aromatic nitrogens is 4. The lowest BCUT2D eigenvalue weighted by molar-refractivity contribution is 0.637. The Morgan fingerprint density at radius 3 is 3.07 bits per heavy atom. The van der Waals surface area contributed by atoms with Crippen molar-refractivity contribution in [1.29, 1.82) is 0 Å². The molecule has 1 aliphatic carbocycles. The van der Waals surface area contributed by atoms with Gasteiger partial charge in [0.25, 0.3) is 0 Å². The highest BCUT2D eigenvalue weighted by molar-refractivity contribution is 5.35. The predicted octanol–water partition coefficient (Wildman–Crippen LogP) is 0.158. The van der Waals surface area contributed by atoms with Gasteiger partial charge in [-0.25, -0.2) is 4.98 Å². The first-order chi connectivity index (χ1) is 6.77. The summed E-state index contributed by atoms with van der Waals surface area (Å²) in [5.74, 6) is 0.910. The molecule has 3 rings (SSSR count). The third kappa shape index (κ3) is 1.17. The number of hydrogen-bond acceptors (Lipinski definition) is 4. The van der Waals surface area contributed by atoms with E-state index in [0.717, 1.165) is 30.7 Å². The number of nitrogens with zero attached hydrogens (tertiary/aromatic N) is 4. The quantitative estimate of drug-likeness (QED) is 0.730. The molecule has 2 aromatic rings. The molecule has 2 heterocycles. The van der Waals surface area contributed by atoms with E-state index in [-0.39, 0.29) is 5.54 Å². The lowest BCUT2D eigenvalue weighted by Crippen LogP contribution is -2.25. The molecular weight excluding hydrogens is 178 g/mol. The van der Waals surface area contributed by atoms with Crippen molar-refractivity contribution in [2.75, 3.05) is 0 Å². The molecule has 0 radical (unpaired) electrons. The van der Waals surface area contributed by atoms with Gasteiger partial charge in [0.15, 0.2) is 5.65 Å². The second-order valence-electron chi connectivity index (χ2n) is 3.96. The van der Waals surface area contributed by atoms with Crippen LogP contribution in [0.3, 0.4) is 0 Å². The van der Waals surface area contributed by atoms with Crippen LogP contribution in [0.5, 0.6) is 0 Å². The normalized spacial score (nSPS) is 18.6. The summed E-state index contributed by atoms with van der Waals surface area (Å²) in [4.78, 5) is 4.04. The van der Waals surface area contributed by atoms with Gasteiger partial charge < -0.3 is 5.73 Å². The van der Waals surface area contributed by atoms with E-state index in [0.29, 0.717) is 0 Å². The molecule has 0 aliphatic heterocycles. The zero-order valence-corrected chi connectivity index (χ0v) is 7.72. The minimum atomic E-state index is -0.0290. The van der Waals surface area contributed by atoms with Gasteiger partial charge in [-0.1, -0.05) is 0 Å². The van der Waals surface area contributed by atoms with Crippen LogP contribution in [0.4, 0.5) is 0 Å². The molecule has 14 heavy (non-hydrogen) atoms. The van der Waals surface area contributed by atoms with E-state index in [4.69, 9.17) is 5.73 Å². The molecule has 0 spiro atoms. The third-order valence-corrected chi connectivity index (χ3v) is 2.69. The van der Waals surface area contributed by atoms with Crippen molar-refractivity contribution < 1.29 is 0 Å². The molecule has 5 heteroatoms. The Morgan fingerprint density at radius 1 is 1.43 bits per heavy atom. The van der Waals surface area contributed by atoms with E-state index in [1.165, 1.54) is 0 Å². The second kappa shape index (κ2) is 2.51. The van der Waals surface area contributed by atoms with Crippen LogP contribution in [-0.4, -0.2) is 25.1 Å². The van der Waals surface area contributed by atoms with E-state index >= 15 is 0 Å². The van der Waals surface area contributed by atoms with Crippen LogP contribution in [0.25, 0.3) is 5.65 Å². The van der Waals surface area contributed by atoms with Crippen molar-refractivity contribution >= 4 is 5.65 Å². The monoisotopic (exact) mass is 189 g/mol. The SMILES string of the molecule is NC1(Cc2nnc3ccncn23)CC1. The molecule has 1 aliphatic rings. The van der Waals surface area contributed by atoms with Crippen LogP contribution < -0.4 is 5.73 Å². The lowest BCUT2D eigenvalue weighted by Gasteiger charge is -2.05. The van der Waals surface area contributed by atoms with Gasteiger partial charge in [-0.3, -0.25) is 4.40 Å². The maximum absolute atomic E-state index is 6.03. The van der Waals surface area contributed by atoms with Crippen molar-refractivity contribution in [3.8, 4) is 0 Å². The fourth-order valence-corrected chi connectivity index (χ4v) is 1.56. The van der Waals surface area contributed by atoms with Crippen LogP contribution in [0, 0.1) is 0 Å². The highest BCUT2D eigenvalue weighted by Gasteiger charge is 2.39. The van der Waals surface area contributed by atoms with Gasteiger partial charge in [0.2, 0.25) is 0 Å². The zero-order chi connectivity index (χ0) is 9.60. The minimum Gasteiger partial charge on any atom is -0.325 e. The van der Waals surface area contributed by atoms with Gasteiger partial charge in [0.1, 0.15) is 12.2 Å². The van der Waals surface area contributed by atoms with Crippen molar-refractivity contribution in [3.05, 3.63) is 24.4 Å². The fraction of sp³-hybridized carbons (Fsp3) is 0.444. The molecule has 0 saturated heterocycles. The van der Waals surface area contributed by atoms with Crippen LogP contribution in [-0.2, 0) is 6.42 Å². The summed E-state index contributed by atoms with van der Waals surface area (Å²) in [6.07, 6.45) is 6.41. The minimum absolute atomic E-state index is 0.0290. The number of fused-ring (bicyclic) bond motifs is 1. The Labute approximate surface area is 81.0 Å². The van der Waals surface area contributed by atoms with E-state index in [2.05, 4.69) is 15.2 Å². The molecule has 72 valence electrons. The van der Waals surface area contributed by atoms with Crippen LogP contribution in [0.1, 0.15) is 18.7 Å². The molecule has 0 amide bonds. The van der Waals surface area contributed by atoms with E-state index in [9.17, 15) is 0 Å². The molecular formula is C9H11N5. The van der Waals surface area contributed by atoms with Gasteiger partial charge >= 0.3 is 0 Å². The Bertz CT molecular complexity index is 471. The van der Waals surface area contributed by atoms with E-state index < -0.39 is 0 Å². The van der Waals surface area contributed by atoms with Crippen molar-refractivity contribution in [3.63, 3.8) is 0 Å². The standard InChI is InChI=1S/C9H11N5/c10-9(2-3-9)5-8-13-12-7-1-4-11-6-14(7)8/h1,4,6H,2-3,5,10H2. The largest absolute Gasteiger partial charge is 0.325 e. The maximum Gasteiger partial charge on any atom is 0.163 e. The van der Waals surface area contributed by atoms with E-state index in [1.807, 2.05) is 10.5 Å². The molecule has 0 atom stereocenters. The van der Waals surface area contributed by atoms with Gasteiger partial charge in [-0.05, 0) is 12.8 Å². The highest BCUT2D eigenvalue weighted by atomic mass is 15.3. The summed E-state index contributed by atoms with van der Waals surface area (Å²) < 4.78 is 1.90. The van der Waals surface area contributed by atoms with Crippen LogP contribution >= 0.6 is 0 Å². The number of nitrogens with two attached hydrogens (primary N) is 1. The number of rotatable bonds is 2. The molecule has 1 saturated carbocycles. The smallest absolute Gasteiger partial charge is 0.163 e. The summed E-state index contributed by atoms with van der Waals surface area (Å²) in [7, 11) is 0. The van der Waals surface area contributed by atoms with Crippen molar-refractivity contribution in [2.45, 2.75) is 24.8 Å².